The summed E-state index contributed by atoms with van der Waals surface area (Å²) in [4.78, 5) is 23.1. The van der Waals surface area contributed by atoms with Crippen LogP contribution in [0, 0.1) is 13.8 Å². The molecule has 1 fully saturated rings. The third-order valence-corrected chi connectivity index (χ3v) is 5.40. The van der Waals surface area contributed by atoms with Crippen molar-refractivity contribution >= 4 is 33.7 Å². The molecule has 3 heterocycles. The van der Waals surface area contributed by atoms with Crippen molar-refractivity contribution in [1.29, 1.82) is 0 Å². The van der Waals surface area contributed by atoms with Crippen LogP contribution in [-0.2, 0) is 0 Å². The Morgan fingerprint density at radius 2 is 1.95 bits per heavy atom. The van der Waals surface area contributed by atoms with Gasteiger partial charge in [-0.15, -0.1) is 22.7 Å². The number of amides is 1. The molecule has 0 atom stereocenters. The number of nitrogens with zero attached hydrogens (tertiary/aromatic N) is 3. The summed E-state index contributed by atoms with van der Waals surface area (Å²) in [5.74, 6) is 0.165. The van der Waals surface area contributed by atoms with Gasteiger partial charge in [0.15, 0.2) is 5.13 Å². The van der Waals surface area contributed by atoms with Crippen LogP contribution in [-0.4, -0.2) is 42.0 Å². The Bertz CT molecular complexity index is 611. The second-order valence-corrected chi connectivity index (χ2v) is 7.09. The molecule has 4 nitrogen and oxygen atoms in total. The van der Waals surface area contributed by atoms with Crippen LogP contribution in [0.5, 0.6) is 0 Å². The first-order chi connectivity index (χ1) is 9.63. The second-order valence-electron chi connectivity index (χ2n) is 4.96. The number of hydrogen-bond donors (Lipinski definition) is 0. The third-order valence-electron chi connectivity index (χ3n) is 3.40. The van der Waals surface area contributed by atoms with E-state index in [-0.39, 0.29) is 5.91 Å². The number of carbonyl (C=O) groups excluding carboxylic acids is 1. The van der Waals surface area contributed by atoms with Crippen LogP contribution in [0.15, 0.2) is 17.5 Å². The number of aryl methyl sites for hydroxylation is 2. The quantitative estimate of drug-likeness (QED) is 0.856. The molecule has 1 saturated heterocycles. The number of aromatic nitrogens is 1. The first-order valence-electron chi connectivity index (χ1n) is 6.66. The summed E-state index contributed by atoms with van der Waals surface area (Å²) in [6.45, 7) is 7.32. The lowest BCUT2D eigenvalue weighted by Crippen LogP contribution is -2.48. The topological polar surface area (TPSA) is 36.4 Å². The first-order valence-corrected chi connectivity index (χ1v) is 8.36. The molecule has 2 aromatic rings. The predicted molar refractivity (Wildman–Crippen MR) is 84.0 cm³/mol. The highest BCUT2D eigenvalue weighted by Gasteiger charge is 2.24. The van der Waals surface area contributed by atoms with Gasteiger partial charge in [0.2, 0.25) is 0 Å². The molecule has 106 valence electrons. The van der Waals surface area contributed by atoms with Crippen molar-refractivity contribution in [1.82, 2.24) is 9.88 Å². The van der Waals surface area contributed by atoms with E-state index in [1.807, 2.05) is 30.9 Å². The van der Waals surface area contributed by atoms with E-state index in [1.54, 1.807) is 22.7 Å². The summed E-state index contributed by atoms with van der Waals surface area (Å²) in [5, 5.41) is 3.14. The zero-order valence-corrected chi connectivity index (χ0v) is 13.3. The molecular weight excluding hydrogens is 290 g/mol. The molecular formula is C14H17N3OS2. The van der Waals surface area contributed by atoms with Crippen molar-refractivity contribution < 1.29 is 4.79 Å². The molecule has 2 aromatic heterocycles. The molecule has 0 saturated carbocycles. The minimum Gasteiger partial charge on any atom is -0.345 e. The number of thiazole rings is 1. The average molecular weight is 307 g/mol. The zero-order chi connectivity index (χ0) is 14.1. The van der Waals surface area contributed by atoms with Gasteiger partial charge in [-0.3, -0.25) is 4.79 Å². The predicted octanol–water partition coefficient (Wildman–Crippen LogP) is 2.78. The molecule has 0 N–H and O–H groups in total. The van der Waals surface area contributed by atoms with E-state index < -0.39 is 0 Å². The average Bonchev–Trinajstić information content (AvgIpc) is 3.07. The van der Waals surface area contributed by atoms with E-state index in [4.69, 9.17) is 0 Å². The van der Waals surface area contributed by atoms with E-state index in [2.05, 4.69) is 15.3 Å². The molecule has 1 amide bonds. The summed E-state index contributed by atoms with van der Waals surface area (Å²) >= 11 is 3.25. The molecule has 1 aliphatic heterocycles. The summed E-state index contributed by atoms with van der Waals surface area (Å²) in [6, 6.07) is 3.94. The van der Waals surface area contributed by atoms with Crippen LogP contribution in [0.25, 0.3) is 0 Å². The smallest absolute Gasteiger partial charge is 0.264 e. The molecule has 0 unspecified atom stereocenters. The lowest BCUT2D eigenvalue weighted by atomic mass is 10.3. The van der Waals surface area contributed by atoms with Crippen LogP contribution in [0.1, 0.15) is 20.2 Å². The fourth-order valence-electron chi connectivity index (χ4n) is 2.29. The SMILES string of the molecule is Cc1csc(N2CCN(C(=O)c3ccc(C)s3)CC2)n1. The standard InChI is InChI=1S/C14H17N3OS2/c1-10-9-19-14(15-10)17-7-5-16(6-8-17)13(18)12-4-3-11(2)20-12/h3-4,9H,5-8H2,1-2H3. The molecule has 0 aliphatic carbocycles. The number of anilines is 1. The van der Waals surface area contributed by atoms with E-state index in [9.17, 15) is 4.79 Å². The Balaban J connectivity index is 1.62. The van der Waals surface area contributed by atoms with Gasteiger partial charge in [-0.2, -0.15) is 0 Å². The molecule has 0 bridgehead atoms. The Morgan fingerprint density at radius 1 is 1.20 bits per heavy atom. The van der Waals surface area contributed by atoms with Crippen LogP contribution in [0.4, 0.5) is 5.13 Å². The Hall–Kier alpha value is -1.40. The highest BCUT2D eigenvalue weighted by Crippen LogP contribution is 2.23. The summed E-state index contributed by atoms with van der Waals surface area (Å²) in [6.07, 6.45) is 0. The summed E-state index contributed by atoms with van der Waals surface area (Å²) in [5.41, 5.74) is 1.07. The van der Waals surface area contributed by atoms with Gasteiger partial charge in [0, 0.05) is 36.4 Å². The van der Waals surface area contributed by atoms with Crippen molar-refractivity contribution in [3.63, 3.8) is 0 Å². The van der Waals surface area contributed by atoms with Gasteiger partial charge in [-0.1, -0.05) is 0 Å². The summed E-state index contributed by atoms with van der Waals surface area (Å²) in [7, 11) is 0. The van der Waals surface area contributed by atoms with E-state index in [0.29, 0.717) is 0 Å². The van der Waals surface area contributed by atoms with E-state index in [0.717, 1.165) is 41.9 Å². The lowest BCUT2D eigenvalue weighted by molar-refractivity contribution is 0.0751. The second kappa shape index (κ2) is 5.54. The van der Waals surface area contributed by atoms with Gasteiger partial charge in [0.1, 0.15) is 0 Å². The van der Waals surface area contributed by atoms with Gasteiger partial charge >= 0.3 is 0 Å². The maximum absolute atomic E-state index is 12.4. The maximum atomic E-state index is 12.4. The Kier molecular flexibility index (Phi) is 3.76. The van der Waals surface area contributed by atoms with Crippen LogP contribution < -0.4 is 4.90 Å². The third kappa shape index (κ3) is 2.71. The molecule has 0 radical (unpaired) electrons. The van der Waals surface area contributed by atoms with Crippen LogP contribution in [0.2, 0.25) is 0 Å². The first kappa shape index (κ1) is 13.6. The minimum atomic E-state index is 0.165. The van der Waals surface area contributed by atoms with Crippen LogP contribution >= 0.6 is 22.7 Å². The van der Waals surface area contributed by atoms with Crippen molar-refractivity contribution in [2.75, 3.05) is 31.1 Å². The number of hydrogen-bond acceptors (Lipinski definition) is 5. The van der Waals surface area contributed by atoms with E-state index >= 15 is 0 Å². The zero-order valence-electron chi connectivity index (χ0n) is 11.6. The molecule has 0 aromatic carbocycles. The van der Waals surface area contributed by atoms with Gasteiger partial charge in [0.25, 0.3) is 5.91 Å². The molecule has 6 heteroatoms. The largest absolute Gasteiger partial charge is 0.345 e. The van der Waals surface area contributed by atoms with E-state index in [1.165, 1.54) is 4.88 Å². The number of rotatable bonds is 2. The fourth-order valence-corrected chi connectivity index (χ4v) is 3.99. The molecule has 20 heavy (non-hydrogen) atoms. The van der Waals surface area contributed by atoms with Crippen molar-refractivity contribution in [3.05, 3.63) is 33.0 Å². The fraction of sp³-hybridized carbons (Fsp3) is 0.429. The van der Waals surface area contributed by atoms with Gasteiger partial charge in [-0.05, 0) is 26.0 Å². The van der Waals surface area contributed by atoms with Gasteiger partial charge < -0.3 is 9.80 Å². The normalized spacial score (nSPS) is 15.7. The van der Waals surface area contributed by atoms with Crippen molar-refractivity contribution in [2.45, 2.75) is 13.8 Å². The molecule has 3 rings (SSSR count). The Labute approximate surface area is 126 Å². The number of thiophene rings is 1. The number of carbonyl (C=O) groups is 1. The highest BCUT2D eigenvalue weighted by molar-refractivity contribution is 7.14. The van der Waals surface area contributed by atoms with Gasteiger partial charge in [0.05, 0.1) is 10.6 Å². The molecule has 0 spiro atoms. The van der Waals surface area contributed by atoms with Crippen molar-refractivity contribution in [2.24, 2.45) is 0 Å². The van der Waals surface area contributed by atoms with Crippen molar-refractivity contribution in [3.8, 4) is 0 Å². The maximum Gasteiger partial charge on any atom is 0.264 e. The lowest BCUT2D eigenvalue weighted by Gasteiger charge is -2.34. The molecule has 1 aliphatic rings. The summed E-state index contributed by atoms with van der Waals surface area (Å²) < 4.78 is 0. The highest BCUT2D eigenvalue weighted by atomic mass is 32.1. The van der Waals surface area contributed by atoms with Gasteiger partial charge in [-0.25, -0.2) is 4.98 Å². The minimum absolute atomic E-state index is 0.165. The van der Waals surface area contributed by atoms with Crippen LogP contribution in [0.3, 0.4) is 0 Å². The number of piperazine rings is 1. The monoisotopic (exact) mass is 307 g/mol. The Morgan fingerprint density at radius 3 is 2.50 bits per heavy atom.